The second-order valence-electron chi connectivity index (χ2n) is 3.73. The third-order valence-electron chi connectivity index (χ3n) is 2.61. The number of nitrogens with one attached hydrogen (secondary N) is 1. The van der Waals surface area contributed by atoms with Gasteiger partial charge >= 0.3 is 0 Å². The van der Waals surface area contributed by atoms with Gasteiger partial charge in [0.05, 0.1) is 11.9 Å². The second-order valence-corrected chi connectivity index (χ2v) is 3.73. The van der Waals surface area contributed by atoms with Gasteiger partial charge in [-0.25, -0.2) is 9.97 Å². The molecule has 1 N–H and O–H groups in total. The molecule has 0 fully saturated rings. The standard InChI is InChI=1S/C11H16N4/c1-3-9(2)13-7-10-8-14-11-12-5-4-6-15(10)11/h4-6,8-9,13H,3,7H2,1-2H3. The van der Waals surface area contributed by atoms with Gasteiger partial charge in [0, 0.05) is 25.0 Å². The van der Waals surface area contributed by atoms with Gasteiger partial charge in [-0.05, 0) is 19.4 Å². The average molecular weight is 204 g/mol. The summed E-state index contributed by atoms with van der Waals surface area (Å²) in [6, 6.07) is 2.45. The number of rotatable bonds is 4. The Kier molecular flexibility index (Phi) is 2.97. The minimum Gasteiger partial charge on any atom is -0.309 e. The lowest BCUT2D eigenvalue weighted by molar-refractivity contribution is 0.527. The van der Waals surface area contributed by atoms with Crippen LogP contribution in [0.25, 0.3) is 5.78 Å². The van der Waals surface area contributed by atoms with Gasteiger partial charge in [0.25, 0.3) is 0 Å². The fraction of sp³-hybridized carbons (Fsp3) is 0.455. The van der Waals surface area contributed by atoms with Gasteiger partial charge in [0.1, 0.15) is 0 Å². The largest absolute Gasteiger partial charge is 0.309 e. The Balaban J connectivity index is 2.14. The van der Waals surface area contributed by atoms with Gasteiger partial charge in [-0.3, -0.25) is 4.40 Å². The molecule has 0 saturated carbocycles. The van der Waals surface area contributed by atoms with E-state index in [-0.39, 0.29) is 0 Å². The zero-order chi connectivity index (χ0) is 10.7. The number of nitrogens with zero attached hydrogens (tertiary/aromatic N) is 3. The van der Waals surface area contributed by atoms with Gasteiger partial charge in [0.15, 0.2) is 0 Å². The Labute approximate surface area is 89.4 Å². The average Bonchev–Trinajstić information content (AvgIpc) is 2.69. The fourth-order valence-corrected chi connectivity index (χ4v) is 1.43. The molecule has 0 aliphatic heterocycles. The number of hydrogen-bond donors (Lipinski definition) is 1. The molecule has 0 radical (unpaired) electrons. The third-order valence-corrected chi connectivity index (χ3v) is 2.61. The smallest absolute Gasteiger partial charge is 0.233 e. The third kappa shape index (κ3) is 2.15. The molecule has 0 aliphatic rings. The van der Waals surface area contributed by atoms with Gasteiger partial charge in [-0.1, -0.05) is 6.92 Å². The molecule has 1 unspecified atom stereocenters. The van der Waals surface area contributed by atoms with Crippen molar-refractivity contribution in [2.45, 2.75) is 32.9 Å². The van der Waals surface area contributed by atoms with Crippen molar-refractivity contribution in [2.24, 2.45) is 0 Å². The van der Waals surface area contributed by atoms with E-state index in [4.69, 9.17) is 0 Å². The van der Waals surface area contributed by atoms with E-state index < -0.39 is 0 Å². The Morgan fingerprint density at radius 1 is 1.47 bits per heavy atom. The van der Waals surface area contributed by atoms with Crippen LogP contribution in [0.15, 0.2) is 24.7 Å². The van der Waals surface area contributed by atoms with E-state index in [1.54, 1.807) is 6.20 Å². The lowest BCUT2D eigenvalue weighted by Crippen LogP contribution is -2.25. The molecule has 0 aliphatic carbocycles. The molecular formula is C11H16N4. The lowest BCUT2D eigenvalue weighted by Gasteiger charge is -2.10. The van der Waals surface area contributed by atoms with Crippen LogP contribution in [0.5, 0.6) is 0 Å². The van der Waals surface area contributed by atoms with E-state index >= 15 is 0 Å². The molecule has 15 heavy (non-hydrogen) atoms. The van der Waals surface area contributed by atoms with Crippen molar-refractivity contribution in [1.82, 2.24) is 19.7 Å². The van der Waals surface area contributed by atoms with Crippen LogP contribution in [0.2, 0.25) is 0 Å². The Hall–Kier alpha value is -1.42. The van der Waals surface area contributed by atoms with E-state index in [0.29, 0.717) is 6.04 Å². The first kappa shape index (κ1) is 10.1. The highest BCUT2D eigenvalue weighted by Crippen LogP contribution is 2.03. The Morgan fingerprint density at radius 2 is 2.33 bits per heavy atom. The minimum absolute atomic E-state index is 0.534. The van der Waals surface area contributed by atoms with E-state index in [0.717, 1.165) is 24.4 Å². The van der Waals surface area contributed by atoms with Crippen LogP contribution in [0, 0.1) is 0 Å². The summed E-state index contributed by atoms with van der Waals surface area (Å²) >= 11 is 0. The summed E-state index contributed by atoms with van der Waals surface area (Å²) in [5.41, 5.74) is 1.15. The SMILES string of the molecule is CCC(C)NCc1cnc2ncccn12. The van der Waals surface area contributed by atoms with Gasteiger partial charge in [-0.2, -0.15) is 0 Å². The highest BCUT2D eigenvalue weighted by Gasteiger charge is 2.04. The van der Waals surface area contributed by atoms with E-state index in [1.807, 2.05) is 22.9 Å². The van der Waals surface area contributed by atoms with Crippen LogP contribution >= 0.6 is 0 Å². The summed E-state index contributed by atoms with van der Waals surface area (Å²) in [7, 11) is 0. The molecule has 0 amide bonds. The molecule has 2 aromatic rings. The zero-order valence-electron chi connectivity index (χ0n) is 9.14. The van der Waals surface area contributed by atoms with Gasteiger partial charge < -0.3 is 5.32 Å². The second kappa shape index (κ2) is 4.40. The molecular weight excluding hydrogens is 188 g/mol. The first-order valence-corrected chi connectivity index (χ1v) is 5.31. The van der Waals surface area contributed by atoms with Crippen molar-refractivity contribution in [3.8, 4) is 0 Å². The summed E-state index contributed by atoms with van der Waals surface area (Å²) in [4.78, 5) is 8.41. The molecule has 2 aromatic heterocycles. The van der Waals surface area contributed by atoms with Crippen LogP contribution in [0.4, 0.5) is 0 Å². The van der Waals surface area contributed by atoms with Crippen LogP contribution in [-0.4, -0.2) is 20.4 Å². The molecule has 2 heterocycles. The maximum Gasteiger partial charge on any atom is 0.233 e. The molecule has 80 valence electrons. The molecule has 0 spiro atoms. The number of fused-ring (bicyclic) bond motifs is 1. The molecule has 1 atom stereocenters. The quantitative estimate of drug-likeness (QED) is 0.822. The number of aromatic nitrogens is 3. The van der Waals surface area contributed by atoms with Crippen molar-refractivity contribution in [3.63, 3.8) is 0 Å². The van der Waals surface area contributed by atoms with E-state index in [1.165, 1.54) is 0 Å². The van der Waals surface area contributed by atoms with E-state index in [2.05, 4.69) is 29.1 Å². The van der Waals surface area contributed by atoms with Crippen molar-refractivity contribution in [2.75, 3.05) is 0 Å². The van der Waals surface area contributed by atoms with Crippen molar-refractivity contribution in [3.05, 3.63) is 30.4 Å². The number of hydrogen-bond acceptors (Lipinski definition) is 3. The summed E-state index contributed by atoms with van der Waals surface area (Å²) < 4.78 is 2.01. The maximum absolute atomic E-state index is 4.23. The van der Waals surface area contributed by atoms with Gasteiger partial charge in [0.2, 0.25) is 5.78 Å². The van der Waals surface area contributed by atoms with Crippen molar-refractivity contribution in [1.29, 1.82) is 0 Å². The minimum atomic E-state index is 0.534. The van der Waals surface area contributed by atoms with Crippen molar-refractivity contribution >= 4 is 5.78 Å². The predicted octanol–water partition coefficient (Wildman–Crippen LogP) is 1.62. The van der Waals surface area contributed by atoms with Crippen LogP contribution in [0.3, 0.4) is 0 Å². The molecule has 4 nitrogen and oxygen atoms in total. The maximum atomic E-state index is 4.23. The predicted molar refractivity (Wildman–Crippen MR) is 59.6 cm³/mol. The molecule has 0 aromatic carbocycles. The molecule has 0 saturated heterocycles. The first-order chi connectivity index (χ1) is 7.31. The summed E-state index contributed by atoms with van der Waals surface area (Å²) in [6.07, 6.45) is 6.75. The summed E-state index contributed by atoms with van der Waals surface area (Å²) in [5, 5.41) is 3.44. The Morgan fingerprint density at radius 3 is 3.13 bits per heavy atom. The highest BCUT2D eigenvalue weighted by molar-refractivity contribution is 5.30. The van der Waals surface area contributed by atoms with Gasteiger partial charge in [-0.15, -0.1) is 0 Å². The molecule has 0 bridgehead atoms. The Bertz CT molecular complexity index is 435. The van der Waals surface area contributed by atoms with Crippen molar-refractivity contribution < 1.29 is 0 Å². The van der Waals surface area contributed by atoms with E-state index in [9.17, 15) is 0 Å². The lowest BCUT2D eigenvalue weighted by atomic mass is 10.2. The van der Waals surface area contributed by atoms with Crippen LogP contribution < -0.4 is 5.32 Å². The summed E-state index contributed by atoms with van der Waals surface area (Å²) in [6.45, 7) is 5.19. The molecule has 2 rings (SSSR count). The zero-order valence-corrected chi connectivity index (χ0v) is 9.14. The van der Waals surface area contributed by atoms with Crippen LogP contribution in [-0.2, 0) is 6.54 Å². The highest BCUT2D eigenvalue weighted by atomic mass is 15.1. The number of imidazole rings is 1. The first-order valence-electron chi connectivity index (χ1n) is 5.31. The fourth-order valence-electron chi connectivity index (χ4n) is 1.43. The normalized spacial score (nSPS) is 13.2. The monoisotopic (exact) mass is 204 g/mol. The van der Waals surface area contributed by atoms with Crippen LogP contribution in [0.1, 0.15) is 26.0 Å². The summed E-state index contributed by atoms with van der Waals surface area (Å²) in [5.74, 6) is 0.762. The molecule has 4 heteroatoms. The topological polar surface area (TPSA) is 42.2 Å².